The molecule has 10 atom stereocenters. The molecule has 0 saturated carbocycles. The molecule has 10 N–H and O–H groups in total. The van der Waals surface area contributed by atoms with Gasteiger partial charge in [0, 0.05) is 12.8 Å². The second-order valence-electron chi connectivity index (χ2n) is 9.96. The van der Waals surface area contributed by atoms with Crippen molar-refractivity contribution in [2.24, 2.45) is 0 Å². The van der Waals surface area contributed by atoms with Crippen molar-refractivity contribution in [2.75, 3.05) is 13.2 Å². The van der Waals surface area contributed by atoms with Crippen LogP contribution in [0.3, 0.4) is 0 Å². The molecule has 2 saturated heterocycles. The number of ether oxygens (including phenoxy) is 2. The van der Waals surface area contributed by atoms with E-state index in [2.05, 4.69) is 10.6 Å². The van der Waals surface area contributed by atoms with Crippen LogP contribution in [0.1, 0.15) is 64.2 Å². The summed E-state index contributed by atoms with van der Waals surface area (Å²) in [5, 5.41) is 82.3. The highest BCUT2D eigenvalue weighted by molar-refractivity contribution is 5.76. The van der Waals surface area contributed by atoms with E-state index in [-0.39, 0.29) is 24.7 Å². The molecule has 2 fully saturated rings. The number of carbonyl (C=O) groups excluding carboxylic acids is 2. The first kappa shape index (κ1) is 32.8. The van der Waals surface area contributed by atoms with Crippen molar-refractivity contribution < 1.29 is 59.9 Å². The second kappa shape index (κ2) is 16.6. The number of aliphatic hydroxyl groups is 8. The highest BCUT2D eigenvalue weighted by Crippen LogP contribution is 2.21. The van der Waals surface area contributed by atoms with Crippen LogP contribution in [0.4, 0.5) is 0 Å². The highest BCUT2D eigenvalue weighted by Gasteiger charge is 2.45. The Balaban J connectivity index is 1.48. The molecule has 2 amide bonds. The number of aliphatic hydroxyl groups excluding tert-OH is 8. The van der Waals surface area contributed by atoms with E-state index in [9.17, 15) is 50.4 Å². The predicted octanol–water partition coefficient (Wildman–Crippen LogP) is -3.28. The minimum Gasteiger partial charge on any atom is -0.394 e. The molecule has 14 heteroatoms. The van der Waals surface area contributed by atoms with Crippen LogP contribution >= 0.6 is 0 Å². The predicted molar refractivity (Wildman–Crippen MR) is 130 cm³/mol. The lowest BCUT2D eigenvalue weighted by atomic mass is 9.98. The zero-order valence-corrected chi connectivity index (χ0v) is 21.5. The molecule has 14 nitrogen and oxygen atoms in total. The van der Waals surface area contributed by atoms with Crippen molar-refractivity contribution >= 4 is 11.8 Å². The Hall–Kier alpha value is -1.46. The molecule has 0 aromatic heterocycles. The Labute approximate surface area is 221 Å². The summed E-state index contributed by atoms with van der Waals surface area (Å²) in [6.45, 7) is -1.13. The summed E-state index contributed by atoms with van der Waals surface area (Å²) in [4.78, 5) is 24.2. The summed E-state index contributed by atoms with van der Waals surface area (Å²) < 4.78 is 10.5. The molecule has 2 heterocycles. The summed E-state index contributed by atoms with van der Waals surface area (Å²) >= 11 is 0. The average molecular weight is 553 g/mol. The number of hydrogen-bond donors (Lipinski definition) is 10. The third-order valence-electron chi connectivity index (χ3n) is 6.95. The quantitative estimate of drug-likeness (QED) is 0.0900. The van der Waals surface area contributed by atoms with Gasteiger partial charge in [-0.1, -0.05) is 38.5 Å². The van der Waals surface area contributed by atoms with E-state index in [4.69, 9.17) is 9.47 Å². The van der Waals surface area contributed by atoms with Crippen LogP contribution in [0, 0.1) is 0 Å². The largest absolute Gasteiger partial charge is 0.394 e. The number of nitrogens with one attached hydrogen (secondary N) is 2. The molecular weight excluding hydrogens is 508 g/mol. The first-order chi connectivity index (χ1) is 18.1. The van der Waals surface area contributed by atoms with Gasteiger partial charge in [-0.3, -0.25) is 9.59 Å². The summed E-state index contributed by atoms with van der Waals surface area (Å²) in [7, 11) is 0. The van der Waals surface area contributed by atoms with Gasteiger partial charge in [-0.25, -0.2) is 0 Å². The monoisotopic (exact) mass is 552 g/mol. The SMILES string of the molecule is O=C(CCCCCCCCCCC(=O)NC1O[C@H](CO)[C@@H](O)[C@H](O)[C@H]1O)NC1O[C@H](CO)[C@@H](O)[C@H](O)[C@H]1O. The van der Waals surface area contributed by atoms with Crippen LogP contribution in [0.5, 0.6) is 0 Å². The van der Waals surface area contributed by atoms with Gasteiger partial charge in [0.25, 0.3) is 0 Å². The fourth-order valence-electron chi connectivity index (χ4n) is 4.53. The van der Waals surface area contributed by atoms with Gasteiger partial charge in [0.05, 0.1) is 13.2 Å². The van der Waals surface area contributed by atoms with E-state index in [0.29, 0.717) is 12.8 Å². The Kier molecular flexibility index (Phi) is 14.3. The van der Waals surface area contributed by atoms with Gasteiger partial charge in [-0.15, -0.1) is 0 Å². The molecule has 0 radical (unpaired) electrons. The van der Waals surface area contributed by atoms with Crippen LogP contribution in [-0.2, 0) is 19.1 Å². The standard InChI is InChI=1S/C24H44N2O12/c27-11-13-17(31)19(33)21(35)23(37-13)25-15(29)9-7-5-3-1-2-4-6-8-10-16(30)26-24-22(36)20(34)18(32)14(12-28)38-24/h13-14,17-24,27-28,31-36H,1-12H2,(H,25,29)(H,26,30)/t13-,14-,17-,18-,19+,20+,21-,22-,23?,24?/m1/s1. The van der Waals surface area contributed by atoms with E-state index in [0.717, 1.165) is 38.5 Å². The minimum absolute atomic E-state index is 0.207. The Morgan fingerprint density at radius 3 is 1.13 bits per heavy atom. The highest BCUT2D eigenvalue weighted by atomic mass is 16.6. The number of hydrogen-bond acceptors (Lipinski definition) is 12. The van der Waals surface area contributed by atoms with Gasteiger partial charge in [0.1, 0.15) is 48.8 Å². The topological polar surface area (TPSA) is 238 Å². The third kappa shape index (κ3) is 9.62. The van der Waals surface area contributed by atoms with Crippen LogP contribution in [0.15, 0.2) is 0 Å². The van der Waals surface area contributed by atoms with Crippen LogP contribution in [0.25, 0.3) is 0 Å². The molecule has 2 aliphatic rings. The molecule has 0 aromatic carbocycles. The van der Waals surface area contributed by atoms with Gasteiger partial charge in [0.15, 0.2) is 12.5 Å². The summed E-state index contributed by atoms with van der Waals surface area (Å²) in [5.74, 6) is -0.729. The van der Waals surface area contributed by atoms with Crippen LogP contribution in [-0.4, -0.2) is 127 Å². The molecule has 38 heavy (non-hydrogen) atoms. The van der Waals surface area contributed by atoms with E-state index < -0.39 is 74.5 Å². The molecule has 2 rings (SSSR count). The molecule has 0 spiro atoms. The molecule has 2 unspecified atom stereocenters. The Morgan fingerprint density at radius 2 is 0.816 bits per heavy atom. The normalized spacial score (nSPS) is 35.6. The van der Waals surface area contributed by atoms with Gasteiger partial charge >= 0.3 is 0 Å². The second-order valence-corrected chi connectivity index (χ2v) is 9.96. The van der Waals surface area contributed by atoms with Gasteiger partial charge in [-0.05, 0) is 12.8 Å². The van der Waals surface area contributed by atoms with Crippen molar-refractivity contribution in [3.8, 4) is 0 Å². The third-order valence-corrected chi connectivity index (χ3v) is 6.95. The summed E-state index contributed by atoms with van der Waals surface area (Å²) in [6.07, 6.45) is -6.52. The van der Waals surface area contributed by atoms with Crippen molar-refractivity contribution in [3.05, 3.63) is 0 Å². The fraction of sp³-hybridized carbons (Fsp3) is 0.917. The van der Waals surface area contributed by atoms with Crippen molar-refractivity contribution in [1.29, 1.82) is 0 Å². The molecule has 2 aliphatic heterocycles. The smallest absolute Gasteiger partial charge is 0.222 e. The Morgan fingerprint density at radius 1 is 0.500 bits per heavy atom. The maximum Gasteiger partial charge on any atom is 0.222 e. The lowest BCUT2D eigenvalue weighted by Gasteiger charge is -2.40. The summed E-state index contributed by atoms with van der Waals surface area (Å²) in [6, 6.07) is 0. The Bertz CT molecular complexity index is 654. The first-order valence-corrected chi connectivity index (χ1v) is 13.3. The number of rotatable bonds is 15. The maximum atomic E-state index is 12.1. The molecule has 0 bridgehead atoms. The van der Waals surface area contributed by atoms with Crippen molar-refractivity contribution in [3.63, 3.8) is 0 Å². The van der Waals surface area contributed by atoms with E-state index in [1.54, 1.807) is 0 Å². The molecule has 0 aromatic rings. The van der Waals surface area contributed by atoms with Crippen molar-refractivity contribution in [1.82, 2.24) is 10.6 Å². The zero-order valence-electron chi connectivity index (χ0n) is 21.5. The molecule has 0 aliphatic carbocycles. The van der Waals surface area contributed by atoms with Gasteiger partial charge < -0.3 is 61.0 Å². The zero-order chi connectivity index (χ0) is 28.2. The molecular formula is C24H44N2O12. The number of amides is 2. The lowest BCUT2D eigenvalue weighted by Crippen LogP contribution is -2.63. The van der Waals surface area contributed by atoms with Crippen molar-refractivity contribution in [2.45, 2.75) is 125 Å². The van der Waals surface area contributed by atoms with Gasteiger partial charge in [0.2, 0.25) is 11.8 Å². The van der Waals surface area contributed by atoms with E-state index >= 15 is 0 Å². The number of unbranched alkanes of at least 4 members (excludes halogenated alkanes) is 7. The van der Waals surface area contributed by atoms with E-state index in [1.165, 1.54) is 0 Å². The number of carbonyl (C=O) groups is 2. The fourth-order valence-corrected chi connectivity index (χ4v) is 4.53. The lowest BCUT2D eigenvalue weighted by molar-refractivity contribution is -0.236. The van der Waals surface area contributed by atoms with E-state index in [1.807, 2.05) is 0 Å². The van der Waals surface area contributed by atoms with Crippen LogP contribution in [0.2, 0.25) is 0 Å². The molecule has 222 valence electrons. The van der Waals surface area contributed by atoms with Gasteiger partial charge in [-0.2, -0.15) is 0 Å². The maximum absolute atomic E-state index is 12.1. The summed E-state index contributed by atoms with van der Waals surface area (Å²) in [5.41, 5.74) is 0. The minimum atomic E-state index is -1.54. The average Bonchev–Trinajstić information content (AvgIpc) is 2.90. The first-order valence-electron chi connectivity index (χ1n) is 13.3. The van der Waals surface area contributed by atoms with Crippen LogP contribution < -0.4 is 10.6 Å².